The number of nitrogens with two attached hydrogens (primary N) is 1. The smallest absolute Gasteiger partial charge is 0.126 e. The van der Waals surface area contributed by atoms with Crippen molar-refractivity contribution in [1.29, 1.82) is 0 Å². The van der Waals surface area contributed by atoms with Gasteiger partial charge in [-0.1, -0.05) is 12.1 Å². The highest BCUT2D eigenvalue weighted by Crippen LogP contribution is 2.24. The molecule has 1 fully saturated rings. The summed E-state index contributed by atoms with van der Waals surface area (Å²) in [7, 11) is 0. The van der Waals surface area contributed by atoms with E-state index in [0.29, 0.717) is 12.1 Å². The molecule has 2 rings (SSSR count). The number of rotatable bonds is 3. The van der Waals surface area contributed by atoms with Crippen molar-refractivity contribution in [3.8, 4) is 0 Å². The van der Waals surface area contributed by atoms with Crippen LogP contribution in [0.25, 0.3) is 0 Å². The van der Waals surface area contributed by atoms with Crippen molar-refractivity contribution in [3.63, 3.8) is 0 Å². The van der Waals surface area contributed by atoms with Gasteiger partial charge >= 0.3 is 0 Å². The Morgan fingerprint density at radius 3 is 3.00 bits per heavy atom. The fraction of sp³-hybridized carbons (Fsp3) is 0.600. The van der Waals surface area contributed by atoms with Crippen molar-refractivity contribution >= 4 is 0 Å². The van der Waals surface area contributed by atoms with Crippen LogP contribution in [0.15, 0.2) is 18.2 Å². The monoisotopic (exact) mass is 266 g/mol. The minimum Gasteiger partial charge on any atom is -0.377 e. The Balaban J connectivity index is 2.20. The van der Waals surface area contributed by atoms with E-state index in [0.717, 1.165) is 31.7 Å². The second-order valence-corrected chi connectivity index (χ2v) is 5.29. The third-order valence-corrected chi connectivity index (χ3v) is 3.71. The summed E-state index contributed by atoms with van der Waals surface area (Å²) in [5.41, 5.74) is 7.71. The summed E-state index contributed by atoms with van der Waals surface area (Å²) < 4.78 is 19.0. The highest BCUT2D eigenvalue weighted by Gasteiger charge is 2.23. The van der Waals surface area contributed by atoms with Crippen molar-refractivity contribution < 1.29 is 9.13 Å². The van der Waals surface area contributed by atoms with Gasteiger partial charge in [-0.2, -0.15) is 0 Å². The molecule has 0 radical (unpaired) electrons. The van der Waals surface area contributed by atoms with Crippen molar-refractivity contribution in [2.45, 2.75) is 32.4 Å². The molecule has 1 aromatic carbocycles. The molecule has 19 heavy (non-hydrogen) atoms. The number of hydrogen-bond acceptors (Lipinski definition) is 3. The lowest BCUT2D eigenvalue weighted by molar-refractivity contribution is 0.0611. The van der Waals surface area contributed by atoms with Crippen LogP contribution in [0.1, 0.15) is 30.5 Å². The molecule has 0 amide bonds. The molecule has 0 aliphatic carbocycles. The van der Waals surface area contributed by atoms with Crippen LogP contribution in [-0.4, -0.2) is 37.2 Å². The molecular formula is C15H23FN2O. The fourth-order valence-corrected chi connectivity index (χ4v) is 2.68. The predicted octanol–water partition coefficient (Wildman–Crippen LogP) is 2.24. The Kier molecular flexibility index (Phi) is 4.91. The van der Waals surface area contributed by atoms with Crippen LogP contribution in [0, 0.1) is 12.7 Å². The molecule has 0 saturated carbocycles. The lowest BCUT2D eigenvalue weighted by atomic mass is 10.0. The maximum atomic E-state index is 13.4. The van der Waals surface area contributed by atoms with E-state index < -0.39 is 0 Å². The van der Waals surface area contributed by atoms with E-state index in [9.17, 15) is 4.39 Å². The summed E-state index contributed by atoms with van der Waals surface area (Å²) >= 11 is 0. The summed E-state index contributed by atoms with van der Waals surface area (Å²) in [4.78, 5) is 2.35. The highest BCUT2D eigenvalue weighted by atomic mass is 19.1. The van der Waals surface area contributed by atoms with Crippen molar-refractivity contribution in [2.24, 2.45) is 5.73 Å². The topological polar surface area (TPSA) is 38.5 Å². The number of hydrogen-bond donors (Lipinski definition) is 1. The number of ether oxygens (including phenoxy) is 1. The van der Waals surface area contributed by atoms with Crippen molar-refractivity contribution in [3.05, 3.63) is 35.1 Å². The highest BCUT2D eigenvalue weighted by molar-refractivity contribution is 5.27. The van der Waals surface area contributed by atoms with Crippen LogP contribution < -0.4 is 5.73 Å². The van der Waals surface area contributed by atoms with Crippen molar-refractivity contribution in [2.75, 3.05) is 26.2 Å². The number of aryl methyl sites for hydroxylation is 1. The summed E-state index contributed by atoms with van der Waals surface area (Å²) in [6.45, 7) is 7.07. The zero-order valence-electron chi connectivity index (χ0n) is 11.7. The first-order valence-corrected chi connectivity index (χ1v) is 6.93. The van der Waals surface area contributed by atoms with Gasteiger partial charge in [-0.25, -0.2) is 4.39 Å². The lowest BCUT2D eigenvalue weighted by Crippen LogP contribution is -2.37. The van der Waals surface area contributed by atoms with Crippen LogP contribution in [-0.2, 0) is 4.74 Å². The molecule has 1 aromatic rings. The molecular weight excluding hydrogens is 243 g/mol. The standard InChI is InChI=1S/C15H23FN2O/c1-11-8-13(4-5-14(11)16)15(9-17)18-6-3-7-19-12(2)10-18/h4-5,8,12,15H,3,6-7,9-10,17H2,1-2H3. The molecule has 1 saturated heterocycles. The first-order valence-electron chi connectivity index (χ1n) is 6.93. The van der Waals surface area contributed by atoms with E-state index in [1.165, 1.54) is 6.07 Å². The minimum atomic E-state index is -0.160. The molecule has 0 spiro atoms. The summed E-state index contributed by atoms with van der Waals surface area (Å²) in [5.74, 6) is -0.160. The van der Waals surface area contributed by atoms with Gasteiger partial charge in [-0.15, -0.1) is 0 Å². The molecule has 0 bridgehead atoms. The van der Waals surface area contributed by atoms with Crippen LogP contribution in [0.3, 0.4) is 0 Å². The molecule has 2 atom stereocenters. The van der Waals surface area contributed by atoms with Crippen LogP contribution in [0.4, 0.5) is 4.39 Å². The van der Waals surface area contributed by atoms with E-state index >= 15 is 0 Å². The van der Waals surface area contributed by atoms with Crippen LogP contribution in [0.5, 0.6) is 0 Å². The quantitative estimate of drug-likeness (QED) is 0.912. The Morgan fingerprint density at radius 2 is 2.32 bits per heavy atom. The summed E-state index contributed by atoms with van der Waals surface area (Å²) in [5, 5.41) is 0. The summed E-state index contributed by atoms with van der Waals surface area (Å²) in [6.07, 6.45) is 1.24. The lowest BCUT2D eigenvalue weighted by Gasteiger charge is -2.31. The predicted molar refractivity (Wildman–Crippen MR) is 74.5 cm³/mol. The third-order valence-electron chi connectivity index (χ3n) is 3.71. The minimum absolute atomic E-state index is 0.142. The third kappa shape index (κ3) is 3.53. The molecule has 1 heterocycles. The SMILES string of the molecule is Cc1cc(C(CN)N2CCCOC(C)C2)ccc1F. The maximum absolute atomic E-state index is 13.4. The van der Waals surface area contributed by atoms with E-state index in [4.69, 9.17) is 10.5 Å². The van der Waals surface area contributed by atoms with Crippen LogP contribution in [0.2, 0.25) is 0 Å². The van der Waals surface area contributed by atoms with Gasteiger partial charge in [0.2, 0.25) is 0 Å². The van der Waals surface area contributed by atoms with E-state index in [2.05, 4.69) is 11.8 Å². The van der Waals surface area contributed by atoms with E-state index in [-0.39, 0.29) is 18.0 Å². The second kappa shape index (κ2) is 6.46. The first-order chi connectivity index (χ1) is 9.11. The number of nitrogens with zero attached hydrogens (tertiary/aromatic N) is 1. The van der Waals surface area contributed by atoms with E-state index in [1.54, 1.807) is 6.92 Å². The van der Waals surface area contributed by atoms with Gasteiger partial charge in [0.05, 0.1) is 6.10 Å². The van der Waals surface area contributed by atoms with Gasteiger partial charge in [-0.05, 0) is 37.5 Å². The van der Waals surface area contributed by atoms with Crippen molar-refractivity contribution in [1.82, 2.24) is 4.90 Å². The molecule has 1 aliphatic heterocycles. The number of halogens is 1. The second-order valence-electron chi connectivity index (χ2n) is 5.29. The van der Waals surface area contributed by atoms with Gasteiger partial charge < -0.3 is 10.5 Å². The van der Waals surface area contributed by atoms with Gasteiger partial charge in [-0.3, -0.25) is 4.90 Å². The zero-order valence-corrected chi connectivity index (χ0v) is 11.7. The fourth-order valence-electron chi connectivity index (χ4n) is 2.68. The molecule has 3 nitrogen and oxygen atoms in total. The van der Waals surface area contributed by atoms with Gasteiger partial charge in [0.15, 0.2) is 0 Å². The van der Waals surface area contributed by atoms with Gasteiger partial charge in [0.25, 0.3) is 0 Å². The Hall–Kier alpha value is -0.970. The first kappa shape index (κ1) is 14.4. The van der Waals surface area contributed by atoms with Gasteiger partial charge in [0.1, 0.15) is 5.82 Å². The average molecular weight is 266 g/mol. The molecule has 4 heteroatoms. The van der Waals surface area contributed by atoms with Crippen LogP contribution >= 0.6 is 0 Å². The normalized spacial score (nSPS) is 23.1. The van der Waals surface area contributed by atoms with E-state index in [1.807, 2.05) is 12.1 Å². The molecule has 2 N–H and O–H groups in total. The Bertz CT molecular complexity index is 425. The molecule has 106 valence electrons. The largest absolute Gasteiger partial charge is 0.377 e. The maximum Gasteiger partial charge on any atom is 0.126 e. The summed E-state index contributed by atoms with van der Waals surface area (Å²) in [6, 6.07) is 5.42. The zero-order chi connectivity index (χ0) is 13.8. The molecule has 1 aliphatic rings. The number of benzene rings is 1. The average Bonchev–Trinajstić information content (AvgIpc) is 2.59. The Labute approximate surface area is 114 Å². The molecule has 2 unspecified atom stereocenters. The molecule has 0 aromatic heterocycles. The van der Waals surface area contributed by atoms with Gasteiger partial charge in [0, 0.05) is 32.3 Å². The Morgan fingerprint density at radius 1 is 1.53 bits per heavy atom.